The van der Waals surface area contributed by atoms with E-state index in [1.165, 1.54) is 10.6 Å². The second-order valence-corrected chi connectivity index (χ2v) is 8.76. The van der Waals surface area contributed by atoms with E-state index in [9.17, 15) is 18.0 Å². The minimum absolute atomic E-state index is 0.186. The van der Waals surface area contributed by atoms with Crippen LogP contribution in [0.4, 0.5) is 5.69 Å². The number of rotatable bonds is 7. The number of sulfonamides is 1. The van der Waals surface area contributed by atoms with Crippen LogP contribution >= 0.6 is 0 Å². The van der Waals surface area contributed by atoms with E-state index in [-0.39, 0.29) is 30.9 Å². The predicted molar refractivity (Wildman–Crippen MR) is 106 cm³/mol. The van der Waals surface area contributed by atoms with Crippen LogP contribution in [-0.2, 0) is 14.8 Å². The molecule has 0 radical (unpaired) electrons. The largest absolute Gasteiger partial charge is 0.484 e. The Balaban J connectivity index is 1.49. The average molecular weight is 421 g/mol. The fourth-order valence-corrected chi connectivity index (χ4v) is 3.96. The summed E-state index contributed by atoms with van der Waals surface area (Å²) in [7, 11) is -3.27. The molecule has 3 rings (SSSR count). The number of carbonyl (C=O) groups is 2. The summed E-state index contributed by atoms with van der Waals surface area (Å²) in [6, 6.07) is 9.58. The zero-order valence-corrected chi connectivity index (χ0v) is 16.8. The highest BCUT2D eigenvalue weighted by atomic mass is 32.2. The highest BCUT2D eigenvalue weighted by Gasteiger charge is 2.26. The Morgan fingerprint density at radius 2 is 2.10 bits per heavy atom. The molecule has 2 N–H and O–H groups in total. The molecule has 0 spiro atoms. The molecular weight excluding hydrogens is 398 g/mol. The third kappa shape index (κ3) is 6.06. The molecule has 29 heavy (non-hydrogen) atoms. The fourth-order valence-electron chi connectivity index (χ4n) is 3.04. The number of anilines is 1. The van der Waals surface area contributed by atoms with Crippen LogP contribution < -0.4 is 15.4 Å². The van der Waals surface area contributed by atoms with Crippen molar-refractivity contribution < 1.29 is 27.2 Å². The van der Waals surface area contributed by atoms with Crippen molar-refractivity contribution >= 4 is 27.5 Å². The van der Waals surface area contributed by atoms with E-state index >= 15 is 0 Å². The van der Waals surface area contributed by atoms with Gasteiger partial charge in [0, 0.05) is 30.9 Å². The molecule has 0 bridgehead atoms. The summed E-state index contributed by atoms with van der Waals surface area (Å²) in [5.74, 6) is -0.127. The highest BCUT2D eigenvalue weighted by Crippen LogP contribution is 2.18. The van der Waals surface area contributed by atoms with Crippen molar-refractivity contribution in [2.45, 2.75) is 18.9 Å². The van der Waals surface area contributed by atoms with Gasteiger partial charge in [0.05, 0.1) is 12.5 Å². The first-order chi connectivity index (χ1) is 13.8. The third-order valence-electron chi connectivity index (χ3n) is 4.43. The normalized spacial score (nSPS) is 17.5. The van der Waals surface area contributed by atoms with Gasteiger partial charge < -0.3 is 19.8 Å². The van der Waals surface area contributed by atoms with Crippen LogP contribution in [0.25, 0.3) is 0 Å². The van der Waals surface area contributed by atoms with E-state index in [1.807, 2.05) is 0 Å². The van der Waals surface area contributed by atoms with Gasteiger partial charge in [-0.2, -0.15) is 0 Å². The molecule has 1 fully saturated rings. The first kappa shape index (κ1) is 20.9. The van der Waals surface area contributed by atoms with Crippen LogP contribution in [0.1, 0.15) is 23.4 Å². The molecule has 2 amide bonds. The summed E-state index contributed by atoms with van der Waals surface area (Å²) >= 11 is 0. The van der Waals surface area contributed by atoms with Crippen molar-refractivity contribution in [3.8, 4) is 5.75 Å². The molecular formula is C19H23N3O6S. The monoisotopic (exact) mass is 421 g/mol. The molecule has 1 aromatic carbocycles. The van der Waals surface area contributed by atoms with Gasteiger partial charge in [-0.25, -0.2) is 12.7 Å². The number of hydrogen-bond acceptors (Lipinski definition) is 6. The maximum atomic E-state index is 12.2. The molecule has 1 aromatic heterocycles. The highest BCUT2D eigenvalue weighted by molar-refractivity contribution is 7.88. The van der Waals surface area contributed by atoms with Crippen LogP contribution in [0, 0.1) is 0 Å². The molecule has 156 valence electrons. The number of piperidine rings is 1. The Bertz CT molecular complexity index is 958. The number of nitrogens with one attached hydrogen (secondary N) is 2. The molecule has 2 aromatic rings. The summed E-state index contributed by atoms with van der Waals surface area (Å²) in [5, 5.41) is 5.49. The van der Waals surface area contributed by atoms with E-state index in [1.54, 1.807) is 36.4 Å². The number of nitrogens with zero attached hydrogens (tertiary/aromatic N) is 1. The average Bonchev–Trinajstić information content (AvgIpc) is 3.21. The van der Waals surface area contributed by atoms with Gasteiger partial charge in [-0.05, 0) is 37.1 Å². The maximum Gasteiger partial charge on any atom is 0.291 e. The maximum absolute atomic E-state index is 12.2. The summed E-state index contributed by atoms with van der Waals surface area (Å²) in [6.45, 7) is 0.516. The molecule has 2 heterocycles. The first-order valence-electron chi connectivity index (χ1n) is 9.13. The van der Waals surface area contributed by atoms with E-state index in [2.05, 4.69) is 10.6 Å². The number of carbonyl (C=O) groups excluding carboxylic acids is 2. The Kier molecular flexibility index (Phi) is 6.55. The standard InChI is InChI=1S/C19H23N3O6S/c1-29(25,26)22-9-3-6-15(12-22)20-18(23)13-28-16-7-2-5-14(11-16)21-19(24)17-8-4-10-27-17/h2,4-5,7-8,10-11,15H,3,6,9,12-13H2,1H3,(H,20,23)(H,21,24). The number of benzene rings is 1. The molecule has 1 aliphatic heterocycles. The third-order valence-corrected chi connectivity index (χ3v) is 5.69. The van der Waals surface area contributed by atoms with Crippen molar-refractivity contribution in [3.05, 3.63) is 48.4 Å². The Hall–Kier alpha value is -2.85. The zero-order chi connectivity index (χ0) is 20.9. The Morgan fingerprint density at radius 3 is 2.83 bits per heavy atom. The van der Waals surface area contributed by atoms with E-state index in [0.717, 1.165) is 6.26 Å². The smallest absolute Gasteiger partial charge is 0.291 e. The predicted octanol–water partition coefficient (Wildman–Crippen LogP) is 1.45. The molecule has 1 saturated heterocycles. The van der Waals surface area contributed by atoms with Crippen LogP contribution in [0.2, 0.25) is 0 Å². The van der Waals surface area contributed by atoms with Crippen LogP contribution in [-0.4, -0.2) is 56.5 Å². The summed E-state index contributed by atoms with van der Waals surface area (Å²) in [5.41, 5.74) is 0.500. The van der Waals surface area contributed by atoms with Gasteiger partial charge in [0.2, 0.25) is 10.0 Å². The molecule has 1 unspecified atom stereocenters. The van der Waals surface area contributed by atoms with Crippen molar-refractivity contribution in [2.75, 3.05) is 31.3 Å². The van der Waals surface area contributed by atoms with Crippen molar-refractivity contribution in [1.29, 1.82) is 0 Å². The zero-order valence-electron chi connectivity index (χ0n) is 16.0. The van der Waals surface area contributed by atoms with Gasteiger partial charge in [-0.15, -0.1) is 0 Å². The van der Waals surface area contributed by atoms with E-state index < -0.39 is 15.9 Å². The fraction of sp³-hybridized carbons (Fsp3) is 0.368. The summed E-state index contributed by atoms with van der Waals surface area (Å²) < 4.78 is 35.2. The second kappa shape index (κ2) is 9.10. The molecule has 9 nitrogen and oxygen atoms in total. The van der Waals surface area contributed by atoms with Crippen molar-refractivity contribution in [3.63, 3.8) is 0 Å². The van der Waals surface area contributed by atoms with Crippen molar-refractivity contribution in [2.24, 2.45) is 0 Å². The van der Waals surface area contributed by atoms with Crippen LogP contribution in [0.15, 0.2) is 47.1 Å². The quantitative estimate of drug-likeness (QED) is 0.699. The molecule has 10 heteroatoms. The van der Waals surface area contributed by atoms with Gasteiger partial charge in [-0.3, -0.25) is 9.59 Å². The van der Waals surface area contributed by atoms with Crippen LogP contribution in [0.5, 0.6) is 5.75 Å². The lowest BCUT2D eigenvalue weighted by Gasteiger charge is -2.31. The first-order valence-corrected chi connectivity index (χ1v) is 11.0. The summed E-state index contributed by atoms with van der Waals surface area (Å²) in [6.07, 6.45) is 3.98. The number of ether oxygens (including phenoxy) is 1. The lowest BCUT2D eigenvalue weighted by molar-refractivity contribution is -0.124. The lowest BCUT2D eigenvalue weighted by atomic mass is 10.1. The van der Waals surface area contributed by atoms with Gasteiger partial charge in [0.1, 0.15) is 5.75 Å². The van der Waals surface area contributed by atoms with Gasteiger partial charge in [0.15, 0.2) is 12.4 Å². The molecule has 1 aliphatic rings. The minimum Gasteiger partial charge on any atom is -0.484 e. The summed E-state index contributed by atoms with van der Waals surface area (Å²) in [4.78, 5) is 24.2. The lowest BCUT2D eigenvalue weighted by Crippen LogP contribution is -2.50. The SMILES string of the molecule is CS(=O)(=O)N1CCCC(NC(=O)COc2cccc(NC(=O)c3ccco3)c2)C1. The Morgan fingerprint density at radius 1 is 1.28 bits per heavy atom. The van der Waals surface area contributed by atoms with Gasteiger partial charge in [-0.1, -0.05) is 6.07 Å². The molecule has 1 atom stereocenters. The van der Waals surface area contributed by atoms with Gasteiger partial charge >= 0.3 is 0 Å². The van der Waals surface area contributed by atoms with E-state index in [4.69, 9.17) is 9.15 Å². The molecule has 0 aliphatic carbocycles. The number of hydrogen-bond donors (Lipinski definition) is 2. The second-order valence-electron chi connectivity index (χ2n) is 6.78. The van der Waals surface area contributed by atoms with Crippen LogP contribution in [0.3, 0.4) is 0 Å². The Labute approximate surface area is 169 Å². The van der Waals surface area contributed by atoms with Gasteiger partial charge in [0.25, 0.3) is 11.8 Å². The molecule has 0 saturated carbocycles. The number of furan rings is 1. The van der Waals surface area contributed by atoms with E-state index in [0.29, 0.717) is 30.8 Å². The minimum atomic E-state index is -3.27. The van der Waals surface area contributed by atoms with Crippen molar-refractivity contribution in [1.82, 2.24) is 9.62 Å². The number of amides is 2. The topological polar surface area (TPSA) is 118 Å².